The summed E-state index contributed by atoms with van der Waals surface area (Å²) in [6, 6.07) is 0. The largest absolute Gasteiger partial charge is 0.453 e. The molecule has 0 spiro atoms. The molecule has 1 aliphatic rings. The Morgan fingerprint density at radius 3 is 2.18 bits per heavy atom. The van der Waals surface area contributed by atoms with Crippen LogP contribution in [0, 0.1) is 0 Å². The molecule has 1 fully saturated rings. The third kappa shape index (κ3) is 3.23. The van der Waals surface area contributed by atoms with Crippen LogP contribution in [0.2, 0.25) is 0 Å². The molecule has 1 rings (SSSR count). The summed E-state index contributed by atoms with van der Waals surface area (Å²) in [5, 5.41) is 7.00. The molecule has 1 heterocycles. The van der Waals surface area contributed by atoms with Gasteiger partial charge in [0.25, 0.3) is 0 Å². The highest BCUT2D eigenvalue weighted by atomic mass is 16.5. The van der Waals surface area contributed by atoms with E-state index in [0.717, 1.165) is 33.0 Å². The van der Waals surface area contributed by atoms with Crippen molar-refractivity contribution in [2.45, 2.75) is 12.8 Å². The van der Waals surface area contributed by atoms with Crippen LogP contribution in [0.4, 0.5) is 4.79 Å². The molecular formula is C7H15NO3. The molecular weight excluding hydrogens is 146 g/mol. The molecule has 4 heteroatoms. The number of rotatable bonds is 0. The molecule has 0 unspecified atom stereocenters. The van der Waals surface area contributed by atoms with Crippen molar-refractivity contribution >= 4 is 6.09 Å². The van der Waals surface area contributed by atoms with Gasteiger partial charge in [-0.25, -0.2) is 4.79 Å². The van der Waals surface area contributed by atoms with Crippen LogP contribution in [0.25, 0.3) is 0 Å². The Bertz CT molecular complexity index is 110. The molecule has 66 valence electrons. The van der Waals surface area contributed by atoms with Gasteiger partial charge in [0.15, 0.2) is 0 Å². The Morgan fingerprint density at radius 2 is 1.82 bits per heavy atom. The van der Waals surface area contributed by atoms with Gasteiger partial charge in [-0.05, 0) is 12.8 Å². The number of hydrogen-bond acceptors (Lipinski definition) is 3. The Morgan fingerprint density at radius 1 is 1.36 bits per heavy atom. The van der Waals surface area contributed by atoms with Gasteiger partial charge in [0.1, 0.15) is 0 Å². The highest BCUT2D eigenvalue weighted by Crippen LogP contribution is 2.07. The fourth-order valence-electron chi connectivity index (χ4n) is 1.03. The molecule has 0 aromatic carbocycles. The van der Waals surface area contributed by atoms with Crippen molar-refractivity contribution in [3.63, 3.8) is 0 Å². The monoisotopic (exact) mass is 161 g/mol. The summed E-state index contributed by atoms with van der Waals surface area (Å²) >= 11 is 0. The van der Waals surface area contributed by atoms with E-state index in [2.05, 4.69) is 4.74 Å². The van der Waals surface area contributed by atoms with Crippen molar-refractivity contribution < 1.29 is 14.6 Å². The third-order valence-electron chi connectivity index (χ3n) is 1.54. The van der Waals surface area contributed by atoms with Crippen molar-refractivity contribution in [3.8, 4) is 0 Å². The second kappa shape index (κ2) is 5.97. The maximum Gasteiger partial charge on any atom is 0.409 e. The van der Waals surface area contributed by atoms with Gasteiger partial charge in [-0.15, -0.1) is 0 Å². The van der Waals surface area contributed by atoms with Gasteiger partial charge in [-0.2, -0.15) is 0 Å². The Balaban J connectivity index is 0.000000461. The van der Waals surface area contributed by atoms with Crippen LogP contribution in [0.1, 0.15) is 12.8 Å². The average Bonchev–Trinajstić information content (AvgIpc) is 2.59. The van der Waals surface area contributed by atoms with Gasteiger partial charge in [-0.3, -0.25) is 0 Å². The Labute approximate surface area is 66.8 Å². The van der Waals surface area contributed by atoms with Crippen LogP contribution in [0.5, 0.6) is 0 Å². The zero-order valence-electron chi connectivity index (χ0n) is 7.04. The fraction of sp³-hybridized carbons (Fsp3) is 0.857. The van der Waals surface area contributed by atoms with Crippen molar-refractivity contribution in [2.24, 2.45) is 0 Å². The van der Waals surface area contributed by atoms with Crippen molar-refractivity contribution in [1.29, 1.82) is 0 Å². The second-order valence-electron chi connectivity index (χ2n) is 2.16. The summed E-state index contributed by atoms with van der Waals surface area (Å²) < 4.78 is 4.52. The number of methoxy groups -OCH3 is 1. The predicted octanol–water partition coefficient (Wildman–Crippen LogP) is 0.457. The smallest absolute Gasteiger partial charge is 0.409 e. The number of carbonyl (C=O) groups is 1. The topological polar surface area (TPSA) is 49.8 Å². The summed E-state index contributed by atoms with van der Waals surface area (Å²) in [5.74, 6) is 0. The summed E-state index contributed by atoms with van der Waals surface area (Å²) in [4.78, 5) is 12.4. The van der Waals surface area contributed by atoms with E-state index in [1.54, 1.807) is 4.90 Å². The third-order valence-corrected chi connectivity index (χ3v) is 1.54. The van der Waals surface area contributed by atoms with Crippen molar-refractivity contribution in [1.82, 2.24) is 4.90 Å². The van der Waals surface area contributed by atoms with E-state index in [1.165, 1.54) is 7.11 Å². The number of aliphatic hydroxyl groups excluding tert-OH is 1. The van der Waals surface area contributed by atoms with Crippen LogP contribution >= 0.6 is 0 Å². The minimum absolute atomic E-state index is 0.187. The lowest BCUT2D eigenvalue weighted by Crippen LogP contribution is -2.27. The van der Waals surface area contributed by atoms with E-state index in [4.69, 9.17) is 5.11 Å². The zero-order chi connectivity index (χ0) is 8.69. The van der Waals surface area contributed by atoms with E-state index in [9.17, 15) is 4.79 Å². The lowest BCUT2D eigenvalue weighted by Gasteiger charge is -2.11. The van der Waals surface area contributed by atoms with E-state index in [-0.39, 0.29) is 6.09 Å². The molecule has 0 atom stereocenters. The standard InChI is InChI=1S/C6H11NO2.CH4O/c1-9-6(8)7-4-2-3-5-7;1-2/h2-5H2,1H3;2H,1H3. The van der Waals surface area contributed by atoms with Gasteiger partial charge in [0.2, 0.25) is 0 Å². The van der Waals surface area contributed by atoms with Crippen molar-refractivity contribution in [2.75, 3.05) is 27.3 Å². The Hall–Kier alpha value is -0.770. The van der Waals surface area contributed by atoms with Gasteiger partial charge >= 0.3 is 6.09 Å². The first-order valence-electron chi connectivity index (χ1n) is 3.62. The van der Waals surface area contributed by atoms with Gasteiger partial charge in [-0.1, -0.05) is 0 Å². The number of aliphatic hydroxyl groups is 1. The molecule has 0 aromatic heterocycles. The minimum atomic E-state index is -0.187. The lowest BCUT2D eigenvalue weighted by molar-refractivity contribution is 0.133. The lowest BCUT2D eigenvalue weighted by atomic mass is 10.4. The summed E-state index contributed by atoms with van der Waals surface area (Å²) in [6.07, 6.45) is 2.05. The summed E-state index contributed by atoms with van der Waals surface area (Å²) in [6.45, 7) is 1.74. The summed E-state index contributed by atoms with van der Waals surface area (Å²) in [5.41, 5.74) is 0. The van der Waals surface area contributed by atoms with E-state index in [0.29, 0.717) is 0 Å². The molecule has 0 bridgehead atoms. The fourth-order valence-corrected chi connectivity index (χ4v) is 1.03. The molecule has 1 aliphatic heterocycles. The maximum atomic E-state index is 10.7. The quantitative estimate of drug-likeness (QED) is 0.561. The number of ether oxygens (including phenoxy) is 1. The van der Waals surface area contributed by atoms with E-state index in [1.807, 2.05) is 0 Å². The first-order chi connectivity index (χ1) is 5.34. The second-order valence-corrected chi connectivity index (χ2v) is 2.16. The number of hydrogen-bond donors (Lipinski definition) is 1. The zero-order valence-corrected chi connectivity index (χ0v) is 7.04. The molecule has 0 saturated carbocycles. The SMILES string of the molecule is CO.COC(=O)N1CCCC1. The predicted molar refractivity (Wildman–Crippen MR) is 41.4 cm³/mol. The molecule has 11 heavy (non-hydrogen) atoms. The molecule has 0 aliphatic carbocycles. The summed E-state index contributed by atoms with van der Waals surface area (Å²) in [7, 11) is 2.42. The number of nitrogens with zero attached hydrogens (tertiary/aromatic N) is 1. The highest BCUT2D eigenvalue weighted by Gasteiger charge is 2.17. The van der Waals surface area contributed by atoms with Crippen molar-refractivity contribution in [3.05, 3.63) is 0 Å². The number of carbonyl (C=O) groups excluding carboxylic acids is 1. The van der Waals surface area contributed by atoms with Crippen LogP contribution in [0.3, 0.4) is 0 Å². The molecule has 0 radical (unpaired) electrons. The van der Waals surface area contributed by atoms with Crippen LogP contribution < -0.4 is 0 Å². The maximum absolute atomic E-state index is 10.7. The first-order valence-corrected chi connectivity index (χ1v) is 3.62. The molecule has 0 aromatic rings. The van der Waals surface area contributed by atoms with Gasteiger partial charge < -0.3 is 14.7 Å². The van der Waals surface area contributed by atoms with Gasteiger partial charge in [0.05, 0.1) is 7.11 Å². The number of amides is 1. The molecule has 4 nitrogen and oxygen atoms in total. The normalized spacial score (nSPS) is 15.4. The Kier molecular flexibility index (Phi) is 5.56. The highest BCUT2D eigenvalue weighted by molar-refractivity contribution is 5.67. The van der Waals surface area contributed by atoms with E-state index < -0.39 is 0 Å². The average molecular weight is 161 g/mol. The first kappa shape index (κ1) is 10.2. The molecule has 1 amide bonds. The van der Waals surface area contributed by atoms with Crippen LogP contribution in [0.15, 0.2) is 0 Å². The van der Waals surface area contributed by atoms with Crippen LogP contribution in [-0.2, 0) is 4.74 Å². The van der Waals surface area contributed by atoms with Gasteiger partial charge in [0, 0.05) is 20.2 Å². The number of likely N-dealkylation sites (tertiary alicyclic amines) is 1. The molecule has 1 N–H and O–H groups in total. The molecule has 1 saturated heterocycles. The van der Waals surface area contributed by atoms with Crippen LogP contribution in [-0.4, -0.2) is 43.4 Å². The minimum Gasteiger partial charge on any atom is -0.453 e. The van der Waals surface area contributed by atoms with E-state index >= 15 is 0 Å².